The van der Waals surface area contributed by atoms with E-state index in [0.29, 0.717) is 13.0 Å². The fourth-order valence-corrected chi connectivity index (χ4v) is 2.19. The van der Waals surface area contributed by atoms with Crippen LogP contribution in [0, 0.1) is 0 Å². The summed E-state index contributed by atoms with van der Waals surface area (Å²) in [5, 5.41) is 6.82. The van der Waals surface area contributed by atoms with Crippen molar-refractivity contribution in [2.75, 3.05) is 19.5 Å². The zero-order chi connectivity index (χ0) is 15.1. The van der Waals surface area contributed by atoms with Crippen molar-refractivity contribution in [3.63, 3.8) is 0 Å². The lowest BCUT2D eigenvalue weighted by Gasteiger charge is -2.07. The van der Waals surface area contributed by atoms with Crippen LogP contribution in [0.15, 0.2) is 36.5 Å². The van der Waals surface area contributed by atoms with E-state index in [9.17, 15) is 8.42 Å². The summed E-state index contributed by atoms with van der Waals surface area (Å²) in [4.78, 5) is 0. The van der Waals surface area contributed by atoms with Crippen LogP contribution in [-0.4, -0.2) is 38.1 Å². The van der Waals surface area contributed by atoms with E-state index in [2.05, 4.69) is 14.4 Å². The summed E-state index contributed by atoms with van der Waals surface area (Å²) >= 11 is 0. The molecule has 0 saturated heterocycles. The molecule has 2 aromatic rings. The summed E-state index contributed by atoms with van der Waals surface area (Å²) in [6.45, 7) is 0.548. The highest BCUT2D eigenvalue weighted by molar-refractivity contribution is 7.85. The molecule has 1 aromatic carbocycles. The Morgan fingerprint density at radius 1 is 1.14 bits per heavy atom. The number of rotatable bonds is 8. The van der Waals surface area contributed by atoms with Gasteiger partial charge in [-0.2, -0.15) is 13.5 Å². The first-order valence-corrected chi connectivity index (χ1v) is 8.39. The van der Waals surface area contributed by atoms with Gasteiger partial charge in [-0.3, -0.25) is 9.28 Å². The molecule has 1 heterocycles. The fourth-order valence-electron chi connectivity index (χ4n) is 1.77. The highest BCUT2D eigenvalue weighted by atomic mass is 32.2. The molecular formula is C14H18N2O4S. The third-order valence-electron chi connectivity index (χ3n) is 2.73. The van der Waals surface area contributed by atoms with Crippen LogP contribution in [0.25, 0.3) is 0 Å². The van der Waals surface area contributed by atoms with Crippen molar-refractivity contribution in [2.45, 2.75) is 12.8 Å². The molecule has 0 saturated carbocycles. The molecular weight excluding hydrogens is 292 g/mol. The van der Waals surface area contributed by atoms with Gasteiger partial charge >= 0.3 is 0 Å². The van der Waals surface area contributed by atoms with Gasteiger partial charge in [-0.1, -0.05) is 12.1 Å². The van der Waals surface area contributed by atoms with Gasteiger partial charge in [0.05, 0.1) is 19.5 Å². The molecule has 0 aliphatic rings. The Morgan fingerprint density at radius 2 is 1.90 bits per heavy atom. The van der Waals surface area contributed by atoms with Crippen LogP contribution < -0.4 is 4.74 Å². The van der Waals surface area contributed by atoms with Gasteiger partial charge in [-0.25, -0.2) is 0 Å². The van der Waals surface area contributed by atoms with Crippen LogP contribution in [-0.2, 0) is 20.7 Å². The first-order valence-electron chi connectivity index (χ1n) is 6.57. The number of nitrogens with one attached hydrogen (secondary N) is 1. The zero-order valence-corrected chi connectivity index (χ0v) is 12.6. The average Bonchev–Trinajstić information content (AvgIpc) is 2.92. The summed E-state index contributed by atoms with van der Waals surface area (Å²) in [5.41, 5.74) is 2.22. The van der Waals surface area contributed by atoms with Crippen molar-refractivity contribution < 1.29 is 17.3 Å². The first-order chi connectivity index (χ1) is 10.0. The van der Waals surface area contributed by atoms with E-state index in [1.165, 1.54) is 0 Å². The number of aromatic nitrogens is 2. The van der Waals surface area contributed by atoms with Crippen molar-refractivity contribution in [3.05, 3.63) is 47.8 Å². The maximum absolute atomic E-state index is 10.8. The number of hydrogen-bond donors (Lipinski definition) is 1. The van der Waals surface area contributed by atoms with E-state index in [0.717, 1.165) is 29.7 Å². The minimum absolute atomic E-state index is 0.136. The van der Waals surface area contributed by atoms with E-state index in [1.54, 1.807) is 6.20 Å². The van der Waals surface area contributed by atoms with Crippen LogP contribution in [0.1, 0.15) is 17.7 Å². The Labute approximate surface area is 124 Å². The molecule has 0 bridgehead atoms. The van der Waals surface area contributed by atoms with Gasteiger partial charge < -0.3 is 4.74 Å². The molecule has 21 heavy (non-hydrogen) atoms. The second-order valence-electron chi connectivity index (χ2n) is 4.63. The Kier molecular flexibility index (Phi) is 5.35. The molecule has 1 N–H and O–H groups in total. The molecule has 0 atom stereocenters. The number of H-pyrrole nitrogens is 1. The van der Waals surface area contributed by atoms with Crippen LogP contribution in [0.3, 0.4) is 0 Å². The van der Waals surface area contributed by atoms with Gasteiger partial charge in [0.1, 0.15) is 5.75 Å². The van der Waals surface area contributed by atoms with Crippen LogP contribution >= 0.6 is 0 Å². The lowest BCUT2D eigenvalue weighted by molar-refractivity contribution is 0.252. The van der Waals surface area contributed by atoms with Gasteiger partial charge in [-0.05, 0) is 23.8 Å². The second-order valence-corrected chi connectivity index (χ2v) is 6.27. The van der Waals surface area contributed by atoms with E-state index in [1.807, 2.05) is 30.3 Å². The molecule has 0 radical (unpaired) electrons. The first kappa shape index (κ1) is 15.5. The molecule has 0 aliphatic heterocycles. The summed E-state index contributed by atoms with van der Waals surface area (Å²) in [7, 11) is -3.36. The smallest absolute Gasteiger partial charge is 0.264 e. The maximum Gasteiger partial charge on any atom is 0.264 e. The molecule has 0 aliphatic carbocycles. The third-order valence-corrected chi connectivity index (χ3v) is 3.33. The minimum atomic E-state index is -3.36. The van der Waals surface area contributed by atoms with Gasteiger partial charge in [-0.15, -0.1) is 0 Å². The van der Waals surface area contributed by atoms with Crippen LogP contribution in [0.2, 0.25) is 0 Å². The number of nitrogens with zero attached hydrogens (tertiary/aromatic N) is 1. The minimum Gasteiger partial charge on any atom is -0.494 e. The van der Waals surface area contributed by atoms with E-state index < -0.39 is 10.1 Å². The topological polar surface area (TPSA) is 81.3 Å². The Morgan fingerprint density at radius 3 is 2.52 bits per heavy atom. The molecule has 6 nitrogen and oxygen atoms in total. The van der Waals surface area contributed by atoms with Crippen molar-refractivity contribution in [3.8, 4) is 5.75 Å². The third kappa shape index (κ3) is 5.97. The summed E-state index contributed by atoms with van der Waals surface area (Å²) in [6, 6.07) is 9.70. The molecule has 0 spiro atoms. The van der Waals surface area contributed by atoms with E-state index in [4.69, 9.17) is 4.74 Å². The van der Waals surface area contributed by atoms with Crippen molar-refractivity contribution >= 4 is 10.1 Å². The maximum atomic E-state index is 10.8. The molecule has 114 valence electrons. The summed E-state index contributed by atoms with van der Waals surface area (Å²) in [6.07, 6.45) is 4.07. The van der Waals surface area contributed by atoms with Gasteiger partial charge in [0, 0.05) is 24.7 Å². The lowest BCUT2D eigenvalue weighted by atomic mass is 10.1. The Hall–Kier alpha value is -1.86. The SMILES string of the molecule is CS(=O)(=O)OCCCOc1ccc(Cc2ccn[nH]2)cc1. The van der Waals surface area contributed by atoms with Crippen molar-refractivity contribution in [1.82, 2.24) is 10.2 Å². The predicted octanol–water partition coefficient (Wildman–Crippen LogP) is 1.75. The molecule has 2 rings (SSSR count). The lowest BCUT2D eigenvalue weighted by Crippen LogP contribution is -2.07. The van der Waals surface area contributed by atoms with Crippen LogP contribution in [0.4, 0.5) is 0 Å². The number of aromatic amines is 1. The summed E-state index contributed by atoms with van der Waals surface area (Å²) < 4.78 is 31.7. The Bertz CT molecular complexity index is 636. The zero-order valence-electron chi connectivity index (χ0n) is 11.8. The number of benzene rings is 1. The highest BCUT2D eigenvalue weighted by Crippen LogP contribution is 2.14. The molecule has 7 heteroatoms. The van der Waals surface area contributed by atoms with Gasteiger partial charge in [0.2, 0.25) is 0 Å². The molecule has 0 fully saturated rings. The average molecular weight is 310 g/mol. The van der Waals surface area contributed by atoms with Crippen molar-refractivity contribution in [2.24, 2.45) is 0 Å². The fraction of sp³-hybridized carbons (Fsp3) is 0.357. The standard InChI is InChI=1S/C14H18N2O4S/c1-21(17,18)20-10-2-9-19-14-5-3-12(4-6-14)11-13-7-8-15-16-13/h3-8H,2,9-11H2,1H3,(H,15,16). The monoisotopic (exact) mass is 310 g/mol. The Balaban J connectivity index is 1.72. The highest BCUT2D eigenvalue weighted by Gasteiger charge is 2.02. The molecule has 1 aromatic heterocycles. The van der Waals surface area contributed by atoms with Crippen molar-refractivity contribution in [1.29, 1.82) is 0 Å². The summed E-state index contributed by atoms with van der Waals surface area (Å²) in [5.74, 6) is 0.753. The van der Waals surface area contributed by atoms with Gasteiger partial charge in [0.25, 0.3) is 10.1 Å². The molecule has 0 unspecified atom stereocenters. The van der Waals surface area contributed by atoms with Gasteiger partial charge in [0.15, 0.2) is 0 Å². The quantitative estimate of drug-likeness (QED) is 0.593. The number of hydrogen-bond acceptors (Lipinski definition) is 5. The largest absolute Gasteiger partial charge is 0.494 e. The van der Waals surface area contributed by atoms with E-state index >= 15 is 0 Å². The molecule has 0 amide bonds. The van der Waals surface area contributed by atoms with Crippen LogP contribution in [0.5, 0.6) is 5.75 Å². The second kappa shape index (κ2) is 7.24. The predicted molar refractivity (Wildman–Crippen MR) is 78.7 cm³/mol. The normalized spacial score (nSPS) is 11.5. The van der Waals surface area contributed by atoms with E-state index in [-0.39, 0.29) is 6.61 Å². The number of ether oxygens (including phenoxy) is 1.